The number of nitro groups is 1. The number of nitro benzene ring substituents is 1. The van der Waals surface area contributed by atoms with Crippen LogP contribution in [0.4, 0.5) is 30.2 Å². The van der Waals surface area contributed by atoms with Crippen molar-refractivity contribution in [1.29, 1.82) is 0 Å². The molecular weight excluding hydrogens is 389 g/mol. The lowest BCUT2D eigenvalue weighted by atomic mass is 10.1. The van der Waals surface area contributed by atoms with Crippen LogP contribution in [-0.2, 0) is 6.18 Å². The van der Waals surface area contributed by atoms with Crippen molar-refractivity contribution < 1.29 is 22.9 Å². The third-order valence-electron chi connectivity index (χ3n) is 4.20. The predicted octanol–water partition coefficient (Wildman–Crippen LogP) is 3.86. The summed E-state index contributed by atoms with van der Waals surface area (Å²) in [4.78, 5) is 26.1. The molecule has 0 saturated carbocycles. The van der Waals surface area contributed by atoms with E-state index in [1.165, 1.54) is 35.2 Å². The molecule has 2 rings (SSSR count). The Morgan fingerprint density at radius 1 is 1.10 bits per heavy atom. The number of hydrogen-bond donors (Lipinski definition) is 1. The Labute approximate surface area is 165 Å². The smallest absolute Gasteiger partial charge is 0.373 e. The fourth-order valence-electron chi connectivity index (χ4n) is 2.67. The number of halogens is 3. The fourth-order valence-corrected chi connectivity index (χ4v) is 2.67. The molecule has 10 heteroatoms. The molecule has 0 aromatic heterocycles. The lowest BCUT2D eigenvalue weighted by Gasteiger charge is -2.25. The van der Waals surface area contributed by atoms with Gasteiger partial charge < -0.3 is 15.1 Å². The first kappa shape index (κ1) is 22.2. The van der Waals surface area contributed by atoms with Crippen molar-refractivity contribution >= 4 is 23.0 Å². The summed E-state index contributed by atoms with van der Waals surface area (Å²) in [6.45, 7) is 0.932. The summed E-state index contributed by atoms with van der Waals surface area (Å²) < 4.78 is 40.7. The Morgan fingerprint density at radius 3 is 2.34 bits per heavy atom. The highest BCUT2D eigenvalue weighted by Gasteiger charge is 2.35. The van der Waals surface area contributed by atoms with Crippen molar-refractivity contribution in [2.24, 2.45) is 0 Å². The second-order valence-electron chi connectivity index (χ2n) is 6.68. The van der Waals surface area contributed by atoms with E-state index < -0.39 is 28.3 Å². The maximum atomic E-state index is 13.6. The summed E-state index contributed by atoms with van der Waals surface area (Å²) in [7, 11) is 5.19. The molecule has 2 aromatic rings. The van der Waals surface area contributed by atoms with E-state index in [1.54, 1.807) is 7.05 Å². The van der Waals surface area contributed by atoms with Gasteiger partial charge in [-0.25, -0.2) is 0 Å². The van der Waals surface area contributed by atoms with Gasteiger partial charge in [0.25, 0.3) is 11.6 Å². The fraction of sp³-hybridized carbons (Fsp3) is 0.316. The minimum atomic E-state index is -4.64. The molecule has 0 heterocycles. The maximum absolute atomic E-state index is 13.6. The minimum Gasteiger partial charge on any atom is -0.373 e. The summed E-state index contributed by atoms with van der Waals surface area (Å²) in [6.07, 6.45) is -4.64. The van der Waals surface area contributed by atoms with Crippen LogP contribution in [-0.4, -0.2) is 50.0 Å². The van der Waals surface area contributed by atoms with Gasteiger partial charge in [-0.3, -0.25) is 14.9 Å². The molecular formula is C19H21F3N4O3. The van der Waals surface area contributed by atoms with E-state index in [9.17, 15) is 28.1 Å². The topological polar surface area (TPSA) is 78.7 Å². The van der Waals surface area contributed by atoms with Gasteiger partial charge in [-0.1, -0.05) is 12.1 Å². The van der Waals surface area contributed by atoms with Crippen LogP contribution >= 0.6 is 0 Å². The number of para-hydroxylation sites is 1. The Balaban J connectivity index is 2.33. The average Bonchev–Trinajstić information content (AvgIpc) is 2.65. The number of alkyl halides is 3. The average molecular weight is 410 g/mol. The normalized spacial score (nSPS) is 11.4. The lowest BCUT2D eigenvalue weighted by molar-refractivity contribution is -0.385. The monoisotopic (exact) mass is 410 g/mol. The van der Waals surface area contributed by atoms with Crippen LogP contribution in [0.5, 0.6) is 0 Å². The van der Waals surface area contributed by atoms with Crippen molar-refractivity contribution in [2.45, 2.75) is 6.18 Å². The van der Waals surface area contributed by atoms with Gasteiger partial charge in [-0.05, 0) is 38.4 Å². The number of hydrogen-bond acceptors (Lipinski definition) is 5. The Bertz CT molecular complexity index is 901. The summed E-state index contributed by atoms with van der Waals surface area (Å²) in [5.41, 5.74) is -1.70. The van der Waals surface area contributed by atoms with Crippen molar-refractivity contribution in [3.05, 3.63) is 63.7 Å². The van der Waals surface area contributed by atoms with Gasteiger partial charge in [0.15, 0.2) is 0 Å². The highest BCUT2D eigenvalue weighted by atomic mass is 19.4. The van der Waals surface area contributed by atoms with E-state index >= 15 is 0 Å². The highest BCUT2D eigenvalue weighted by Crippen LogP contribution is 2.38. The van der Waals surface area contributed by atoms with E-state index in [2.05, 4.69) is 5.32 Å². The molecule has 0 spiro atoms. The Morgan fingerprint density at radius 2 is 1.76 bits per heavy atom. The van der Waals surface area contributed by atoms with Crippen molar-refractivity contribution in [1.82, 2.24) is 4.90 Å². The zero-order valence-corrected chi connectivity index (χ0v) is 16.2. The lowest BCUT2D eigenvalue weighted by Crippen LogP contribution is -2.30. The molecule has 0 aliphatic carbocycles. The largest absolute Gasteiger partial charge is 0.418 e. The van der Waals surface area contributed by atoms with Crippen LogP contribution in [0.15, 0.2) is 42.5 Å². The number of nitrogens with zero attached hydrogens (tertiary/aromatic N) is 3. The van der Waals surface area contributed by atoms with E-state index in [4.69, 9.17) is 0 Å². The Hall–Kier alpha value is -3.14. The molecule has 0 aliphatic heterocycles. The molecule has 0 atom stereocenters. The first-order valence-electron chi connectivity index (χ1n) is 8.62. The Kier molecular flexibility index (Phi) is 6.80. The number of amides is 1. The molecule has 0 aliphatic rings. The standard InChI is InChI=1S/C19H21F3N4O3/c1-24(2)10-11-25(3)17-9-8-13(12-15(17)19(20,21)22)23-18(27)14-6-4-5-7-16(14)26(28)29/h4-9,12H,10-11H2,1-3H3,(H,23,27). The molecule has 1 N–H and O–H groups in total. The number of rotatable bonds is 7. The quantitative estimate of drug-likeness (QED) is 0.554. The molecule has 2 aromatic carbocycles. The molecule has 0 fully saturated rings. The zero-order valence-electron chi connectivity index (χ0n) is 16.2. The van der Waals surface area contributed by atoms with Gasteiger partial charge in [0, 0.05) is 37.6 Å². The van der Waals surface area contributed by atoms with Crippen LogP contribution in [0.2, 0.25) is 0 Å². The van der Waals surface area contributed by atoms with E-state index in [0.29, 0.717) is 13.1 Å². The molecule has 7 nitrogen and oxygen atoms in total. The van der Waals surface area contributed by atoms with E-state index in [1.807, 2.05) is 19.0 Å². The van der Waals surface area contributed by atoms with E-state index in [-0.39, 0.29) is 16.9 Å². The number of benzene rings is 2. The second-order valence-corrected chi connectivity index (χ2v) is 6.68. The second kappa shape index (κ2) is 8.91. The summed E-state index contributed by atoms with van der Waals surface area (Å²) in [5, 5.41) is 13.4. The molecule has 29 heavy (non-hydrogen) atoms. The number of carbonyl (C=O) groups is 1. The van der Waals surface area contributed by atoms with Crippen LogP contribution in [0.1, 0.15) is 15.9 Å². The highest BCUT2D eigenvalue weighted by molar-refractivity contribution is 6.07. The van der Waals surface area contributed by atoms with Gasteiger partial charge >= 0.3 is 6.18 Å². The first-order valence-corrected chi connectivity index (χ1v) is 8.62. The molecule has 0 unspecified atom stereocenters. The molecule has 156 valence electrons. The zero-order chi connectivity index (χ0) is 21.8. The number of carbonyl (C=O) groups excluding carboxylic acids is 1. The number of likely N-dealkylation sites (N-methyl/N-ethyl adjacent to an activating group) is 2. The molecule has 1 amide bonds. The molecule has 0 saturated heterocycles. The van der Waals surface area contributed by atoms with Crippen LogP contribution < -0.4 is 10.2 Å². The number of nitrogens with one attached hydrogen (secondary N) is 1. The summed E-state index contributed by atoms with van der Waals surface area (Å²) in [5.74, 6) is -0.862. The SMILES string of the molecule is CN(C)CCN(C)c1ccc(NC(=O)c2ccccc2[N+](=O)[O-])cc1C(F)(F)F. The third-order valence-corrected chi connectivity index (χ3v) is 4.20. The van der Waals surface area contributed by atoms with Gasteiger partial charge in [0.1, 0.15) is 5.56 Å². The summed E-state index contributed by atoms with van der Waals surface area (Å²) >= 11 is 0. The first-order chi connectivity index (χ1) is 13.5. The minimum absolute atomic E-state index is 0.0250. The van der Waals surface area contributed by atoms with Gasteiger partial charge in [0.2, 0.25) is 0 Å². The van der Waals surface area contributed by atoms with Gasteiger partial charge in [-0.2, -0.15) is 13.2 Å². The molecule has 0 radical (unpaired) electrons. The maximum Gasteiger partial charge on any atom is 0.418 e. The third kappa shape index (κ3) is 5.67. The summed E-state index contributed by atoms with van der Waals surface area (Å²) in [6, 6.07) is 8.66. The van der Waals surface area contributed by atoms with Crippen LogP contribution in [0, 0.1) is 10.1 Å². The number of anilines is 2. The van der Waals surface area contributed by atoms with Crippen LogP contribution in [0.25, 0.3) is 0 Å². The van der Waals surface area contributed by atoms with Crippen molar-refractivity contribution in [3.63, 3.8) is 0 Å². The molecule has 0 bridgehead atoms. The van der Waals surface area contributed by atoms with Crippen molar-refractivity contribution in [2.75, 3.05) is 44.4 Å². The van der Waals surface area contributed by atoms with E-state index in [0.717, 1.165) is 12.1 Å². The van der Waals surface area contributed by atoms with Gasteiger partial charge in [-0.15, -0.1) is 0 Å². The van der Waals surface area contributed by atoms with Gasteiger partial charge in [0.05, 0.1) is 10.5 Å². The predicted molar refractivity (Wildman–Crippen MR) is 104 cm³/mol. The van der Waals surface area contributed by atoms with Crippen LogP contribution in [0.3, 0.4) is 0 Å². The van der Waals surface area contributed by atoms with Crippen molar-refractivity contribution in [3.8, 4) is 0 Å².